The van der Waals surface area contributed by atoms with Crippen molar-refractivity contribution in [1.82, 2.24) is 0 Å². The standard InChI is InChI=1S/C37H30P2/c1-5-15-30(16-6-1)38(31-17-7-2-8-18-31)35-24-14-13-23-34(35)36-28-25-26-29(27-28)37(36)39(32-19-9-3-10-20-32)33-21-11-4-12-22-33/h1-24,36-37H,25-26H2. The number of hydrogen-bond donors (Lipinski definition) is 0. The first-order valence-electron chi connectivity index (χ1n) is 13.8. The van der Waals surface area contributed by atoms with Gasteiger partial charge < -0.3 is 0 Å². The molecule has 2 atom stereocenters. The quantitative estimate of drug-likeness (QED) is 0.151. The van der Waals surface area contributed by atoms with Gasteiger partial charge in [0.25, 0.3) is 0 Å². The van der Waals surface area contributed by atoms with Crippen molar-refractivity contribution in [1.29, 1.82) is 0 Å². The Morgan fingerprint density at radius 2 is 0.897 bits per heavy atom. The summed E-state index contributed by atoms with van der Waals surface area (Å²) in [5, 5.41) is 7.22. The highest BCUT2D eigenvalue weighted by Crippen LogP contribution is 2.59. The third-order valence-electron chi connectivity index (χ3n) is 7.92. The van der Waals surface area contributed by atoms with Crippen molar-refractivity contribution in [2.24, 2.45) is 0 Å². The first-order chi connectivity index (χ1) is 19.4. The van der Waals surface area contributed by atoms with Crippen molar-refractivity contribution in [2.75, 3.05) is 0 Å². The summed E-state index contributed by atoms with van der Waals surface area (Å²) < 4.78 is 0. The Labute approximate surface area is 234 Å². The Balaban J connectivity index is 1.40. The topological polar surface area (TPSA) is 0 Å². The van der Waals surface area contributed by atoms with Crippen LogP contribution >= 0.6 is 15.8 Å². The highest BCUT2D eigenvalue weighted by Gasteiger charge is 2.44. The highest BCUT2D eigenvalue weighted by atomic mass is 31.1. The second-order valence-corrected chi connectivity index (χ2v) is 14.7. The fourth-order valence-electron chi connectivity index (χ4n) is 6.29. The second-order valence-electron chi connectivity index (χ2n) is 10.2. The number of allylic oxidation sites excluding steroid dienone is 1. The molecule has 0 heterocycles. The van der Waals surface area contributed by atoms with Gasteiger partial charge in [0.2, 0.25) is 0 Å². The van der Waals surface area contributed by atoms with Crippen molar-refractivity contribution in [3.63, 3.8) is 0 Å². The van der Waals surface area contributed by atoms with Crippen LogP contribution < -0.4 is 26.5 Å². The van der Waals surface area contributed by atoms with Crippen molar-refractivity contribution in [2.45, 2.75) is 24.4 Å². The van der Waals surface area contributed by atoms with Crippen molar-refractivity contribution < 1.29 is 0 Å². The molecule has 0 amide bonds. The fraction of sp³-hybridized carbons (Fsp3) is 0.108. The molecule has 0 fully saturated rings. The van der Waals surface area contributed by atoms with E-state index in [1.54, 1.807) is 0 Å². The predicted molar refractivity (Wildman–Crippen MR) is 171 cm³/mol. The summed E-state index contributed by atoms with van der Waals surface area (Å²) in [5.41, 5.74) is 8.94. The monoisotopic (exact) mass is 536 g/mol. The molecule has 0 N–H and O–H groups in total. The zero-order valence-corrected chi connectivity index (χ0v) is 23.6. The molecule has 2 aliphatic rings. The van der Waals surface area contributed by atoms with Gasteiger partial charge in [-0.2, -0.15) is 0 Å². The minimum atomic E-state index is -0.682. The maximum atomic E-state index is 3.95. The lowest BCUT2D eigenvalue weighted by atomic mass is 9.83. The molecular weight excluding hydrogens is 506 g/mol. The maximum Gasteiger partial charge on any atom is 0.0269 e. The Hall–Kier alpha value is -3.52. The maximum absolute atomic E-state index is 3.95. The zero-order valence-electron chi connectivity index (χ0n) is 21.8. The van der Waals surface area contributed by atoms with Crippen LogP contribution in [0.1, 0.15) is 24.3 Å². The molecule has 0 spiro atoms. The molecule has 2 bridgehead atoms. The van der Waals surface area contributed by atoms with E-state index in [4.69, 9.17) is 0 Å². The van der Waals surface area contributed by atoms with Crippen molar-refractivity contribution >= 4 is 42.4 Å². The second kappa shape index (κ2) is 10.9. The SMILES string of the molecule is C1=C2CCC=1C(P(c1ccccc1)c1ccccc1)C2c1ccccc1P(c1ccccc1)c1ccccc1. The van der Waals surface area contributed by atoms with E-state index in [1.807, 2.05) is 0 Å². The van der Waals surface area contributed by atoms with Crippen molar-refractivity contribution in [3.8, 4) is 0 Å². The Morgan fingerprint density at radius 3 is 1.44 bits per heavy atom. The molecule has 2 heteroatoms. The van der Waals surface area contributed by atoms with Gasteiger partial charge >= 0.3 is 0 Å². The summed E-state index contributed by atoms with van der Waals surface area (Å²) in [6, 6.07) is 54.1. The molecule has 0 nitrogen and oxygen atoms in total. The fourth-order valence-corrected chi connectivity index (χ4v) is 11.9. The molecule has 188 valence electrons. The lowest BCUT2D eigenvalue weighted by Gasteiger charge is -2.38. The van der Waals surface area contributed by atoms with Crippen molar-refractivity contribution in [3.05, 3.63) is 168 Å². The third-order valence-corrected chi connectivity index (χ3v) is 13.3. The van der Waals surface area contributed by atoms with Gasteiger partial charge in [-0.15, -0.1) is 5.73 Å². The van der Waals surface area contributed by atoms with Gasteiger partial charge in [-0.05, 0) is 71.9 Å². The van der Waals surface area contributed by atoms with Gasteiger partial charge in [-0.1, -0.05) is 146 Å². The smallest absolute Gasteiger partial charge is 0.0269 e. The van der Waals surface area contributed by atoms with Gasteiger partial charge in [0.15, 0.2) is 0 Å². The van der Waals surface area contributed by atoms with E-state index >= 15 is 0 Å². The third kappa shape index (κ3) is 4.65. The minimum absolute atomic E-state index is 0.369. The number of benzene rings is 5. The van der Waals surface area contributed by atoms with Gasteiger partial charge in [0.1, 0.15) is 0 Å². The average molecular weight is 537 g/mol. The first kappa shape index (κ1) is 24.5. The Bertz CT molecular complexity index is 1560. The molecule has 0 aromatic heterocycles. The van der Waals surface area contributed by atoms with E-state index in [1.165, 1.54) is 43.2 Å². The normalized spacial score (nSPS) is 17.9. The molecule has 0 radical (unpaired) electrons. The highest BCUT2D eigenvalue weighted by molar-refractivity contribution is 7.80. The summed E-state index contributed by atoms with van der Waals surface area (Å²) in [5.74, 6) is 0.369. The minimum Gasteiger partial charge on any atom is -0.121 e. The van der Waals surface area contributed by atoms with E-state index in [9.17, 15) is 0 Å². The molecule has 0 saturated carbocycles. The number of hydrogen-bond acceptors (Lipinski definition) is 0. The summed E-state index contributed by atoms with van der Waals surface area (Å²) in [4.78, 5) is 0. The molecule has 5 aromatic rings. The Morgan fingerprint density at radius 1 is 0.462 bits per heavy atom. The largest absolute Gasteiger partial charge is 0.121 e. The molecule has 7 rings (SSSR count). The molecular formula is C37H30P2. The Kier molecular flexibility index (Phi) is 6.87. The van der Waals surface area contributed by atoms with Gasteiger partial charge in [-0.25, -0.2) is 0 Å². The van der Waals surface area contributed by atoms with E-state index in [0.717, 1.165) is 12.8 Å². The summed E-state index contributed by atoms with van der Waals surface area (Å²) in [7, 11) is -1.27. The van der Waals surface area contributed by atoms with Crippen LogP contribution in [0.5, 0.6) is 0 Å². The predicted octanol–water partition coefficient (Wildman–Crippen LogP) is 7.29. The lowest BCUT2D eigenvalue weighted by Crippen LogP contribution is -2.33. The summed E-state index contributed by atoms with van der Waals surface area (Å²) in [6.45, 7) is 0. The molecule has 5 aromatic carbocycles. The molecule has 2 aliphatic carbocycles. The molecule has 39 heavy (non-hydrogen) atoms. The number of rotatable bonds is 7. The van der Waals surface area contributed by atoms with Crippen LogP contribution in [0.15, 0.2) is 162 Å². The lowest BCUT2D eigenvalue weighted by molar-refractivity contribution is 0.697. The summed E-state index contributed by atoms with van der Waals surface area (Å²) in [6.07, 6.45) is 2.30. The summed E-state index contributed by atoms with van der Waals surface area (Å²) >= 11 is 0. The first-order valence-corrected chi connectivity index (χ1v) is 16.5. The van der Waals surface area contributed by atoms with E-state index < -0.39 is 15.8 Å². The van der Waals surface area contributed by atoms with Gasteiger partial charge in [0.05, 0.1) is 0 Å². The van der Waals surface area contributed by atoms with Gasteiger partial charge in [0, 0.05) is 11.6 Å². The van der Waals surface area contributed by atoms with E-state index in [0.29, 0.717) is 11.6 Å². The van der Waals surface area contributed by atoms with Crippen LogP contribution in [-0.2, 0) is 0 Å². The molecule has 0 aliphatic heterocycles. The van der Waals surface area contributed by atoms with Crippen LogP contribution in [0.3, 0.4) is 0 Å². The molecule has 2 unspecified atom stereocenters. The van der Waals surface area contributed by atoms with Gasteiger partial charge in [-0.3, -0.25) is 0 Å². The van der Waals surface area contributed by atoms with E-state index in [2.05, 4.69) is 151 Å². The zero-order chi connectivity index (χ0) is 26.0. The van der Waals surface area contributed by atoms with Crippen LogP contribution in [0.2, 0.25) is 0 Å². The van der Waals surface area contributed by atoms with Crippen LogP contribution in [-0.4, -0.2) is 5.66 Å². The molecule has 0 saturated heterocycles. The van der Waals surface area contributed by atoms with Crippen LogP contribution in [0.4, 0.5) is 0 Å². The average Bonchev–Trinajstić information content (AvgIpc) is 3.63. The van der Waals surface area contributed by atoms with Crippen LogP contribution in [0.25, 0.3) is 0 Å². The van der Waals surface area contributed by atoms with E-state index in [-0.39, 0.29) is 0 Å². The van der Waals surface area contributed by atoms with Crippen LogP contribution in [0, 0.1) is 0 Å².